The van der Waals surface area contributed by atoms with E-state index in [4.69, 9.17) is 16.0 Å². The Morgan fingerprint density at radius 1 is 0.592 bits per heavy atom. The Morgan fingerprint density at radius 2 is 1.18 bits per heavy atom. The summed E-state index contributed by atoms with van der Waals surface area (Å²) in [4.78, 5) is 56.3. The minimum Gasteiger partial charge on any atom is -0.403 e. The van der Waals surface area contributed by atoms with Crippen LogP contribution in [-0.4, -0.2) is 38.4 Å². The van der Waals surface area contributed by atoms with E-state index in [1.165, 1.54) is 4.90 Å². The van der Waals surface area contributed by atoms with Crippen molar-refractivity contribution in [3.63, 3.8) is 0 Å². The first-order valence-corrected chi connectivity index (χ1v) is 15.9. The van der Waals surface area contributed by atoms with Crippen LogP contribution in [0.5, 0.6) is 0 Å². The van der Waals surface area contributed by atoms with Crippen LogP contribution in [-0.2, 0) is 6.54 Å². The Bertz CT molecular complexity index is 2600. The first kappa shape index (κ1) is 28.8. The minimum atomic E-state index is -0.619. The lowest BCUT2D eigenvalue weighted by Gasteiger charge is -2.14. The van der Waals surface area contributed by atoms with Crippen molar-refractivity contribution in [2.24, 2.45) is 0 Å². The van der Waals surface area contributed by atoms with Gasteiger partial charge in [0.05, 0.1) is 27.9 Å². The second-order valence-electron chi connectivity index (χ2n) is 11.8. The molecule has 2 aliphatic rings. The fourth-order valence-electron chi connectivity index (χ4n) is 6.79. The highest BCUT2D eigenvalue weighted by Gasteiger charge is 2.41. The van der Waals surface area contributed by atoms with Crippen LogP contribution in [0.4, 0.5) is 11.7 Å². The molecular formula is C38H22ClN5O5. The largest absolute Gasteiger partial charge is 0.403 e. The average molecular weight is 664 g/mol. The molecule has 11 heteroatoms. The summed E-state index contributed by atoms with van der Waals surface area (Å²) in [5, 5.41) is 10.5. The zero-order chi connectivity index (χ0) is 33.6. The Labute approximate surface area is 282 Å². The van der Waals surface area contributed by atoms with Gasteiger partial charge in [0.25, 0.3) is 23.6 Å². The Hall–Kier alpha value is -6.39. The first-order chi connectivity index (χ1) is 23.8. The number of rotatable bonds is 5. The van der Waals surface area contributed by atoms with Gasteiger partial charge in [-0.2, -0.15) is 4.90 Å². The van der Waals surface area contributed by atoms with Gasteiger partial charge >= 0.3 is 6.01 Å². The summed E-state index contributed by atoms with van der Waals surface area (Å²) in [6.45, 7) is 2.86. The van der Waals surface area contributed by atoms with Crippen molar-refractivity contribution < 1.29 is 23.6 Å². The molecule has 0 saturated carbocycles. The molecule has 0 atom stereocenters. The number of carbonyl (C=O) groups is 4. The standard InChI is InChI=1S/C38H22ClN5O5/c1-2-42-31-6-4-3-5-25(31)28-19-24(13-16-32(28)42)43-34(45)26-14-9-21(17-29(26)36(43)47)22-10-15-27-30(18-22)37(48)44(35(27)46)38-41-40-33(49-38)20-7-11-23(39)12-8-20/h3-19H,2H2,1H3. The SMILES string of the molecule is CCn1c2ccccc2c2cc(N3C(=O)c4ccc(-c5ccc6c(c5)C(=O)N(c5nnc(-c7ccc(Cl)cc7)o5)C6=O)cc4C3=O)ccc21. The molecule has 0 unspecified atom stereocenters. The summed E-state index contributed by atoms with van der Waals surface area (Å²) in [5.74, 6) is -1.93. The van der Waals surface area contributed by atoms with E-state index in [0.29, 0.717) is 27.4 Å². The number of amides is 4. The number of aromatic nitrogens is 3. The number of carbonyl (C=O) groups excluding carboxylic acids is 4. The van der Waals surface area contributed by atoms with Crippen molar-refractivity contribution in [2.45, 2.75) is 13.5 Å². The van der Waals surface area contributed by atoms with Crippen LogP contribution in [0, 0.1) is 0 Å². The molecule has 0 spiro atoms. The molecule has 236 valence electrons. The number of hydrogen-bond donors (Lipinski definition) is 0. The quantitative estimate of drug-likeness (QED) is 0.173. The Kier molecular flexibility index (Phi) is 6.21. The van der Waals surface area contributed by atoms with Gasteiger partial charge in [-0.25, -0.2) is 4.90 Å². The fraction of sp³-hybridized carbons (Fsp3) is 0.0526. The maximum absolute atomic E-state index is 13.8. The highest BCUT2D eigenvalue weighted by Crippen LogP contribution is 2.38. The van der Waals surface area contributed by atoms with E-state index in [-0.39, 0.29) is 34.2 Å². The van der Waals surface area contributed by atoms with Crippen molar-refractivity contribution in [1.29, 1.82) is 0 Å². The minimum absolute atomic E-state index is 0.128. The molecule has 0 N–H and O–H groups in total. The number of halogens is 1. The Balaban J connectivity index is 1.03. The van der Waals surface area contributed by atoms with Crippen LogP contribution in [0.2, 0.25) is 5.02 Å². The zero-order valence-electron chi connectivity index (χ0n) is 25.7. The predicted molar refractivity (Wildman–Crippen MR) is 184 cm³/mol. The summed E-state index contributed by atoms with van der Waals surface area (Å²) in [6.07, 6.45) is 0. The lowest BCUT2D eigenvalue weighted by molar-refractivity contribution is 0.0906. The van der Waals surface area contributed by atoms with Gasteiger partial charge in [-0.1, -0.05) is 47.0 Å². The summed E-state index contributed by atoms with van der Waals surface area (Å²) in [7, 11) is 0. The maximum Gasteiger partial charge on any atom is 0.332 e. The lowest BCUT2D eigenvalue weighted by atomic mass is 9.97. The van der Waals surface area contributed by atoms with E-state index < -0.39 is 23.6 Å². The van der Waals surface area contributed by atoms with E-state index in [1.807, 2.05) is 30.3 Å². The molecule has 4 heterocycles. The highest BCUT2D eigenvalue weighted by molar-refractivity contribution is 6.36. The monoisotopic (exact) mass is 663 g/mol. The molecule has 0 fully saturated rings. The molecule has 5 aromatic carbocycles. The number of imide groups is 2. The average Bonchev–Trinajstić information content (AvgIpc) is 3.85. The third kappa shape index (κ3) is 4.20. The number of fused-ring (bicyclic) bond motifs is 5. The molecule has 0 radical (unpaired) electrons. The molecule has 0 saturated heterocycles. The number of anilines is 2. The summed E-state index contributed by atoms with van der Waals surface area (Å²) in [5.41, 5.74) is 5.24. The number of para-hydroxylation sites is 1. The second kappa shape index (κ2) is 10.6. The summed E-state index contributed by atoms with van der Waals surface area (Å²) >= 11 is 5.97. The van der Waals surface area contributed by atoms with Crippen LogP contribution in [0.3, 0.4) is 0 Å². The van der Waals surface area contributed by atoms with Crippen molar-refractivity contribution in [1.82, 2.24) is 14.8 Å². The van der Waals surface area contributed by atoms with Crippen LogP contribution in [0.25, 0.3) is 44.4 Å². The van der Waals surface area contributed by atoms with Crippen molar-refractivity contribution in [3.05, 3.63) is 130 Å². The van der Waals surface area contributed by atoms with Gasteiger partial charge in [0, 0.05) is 38.9 Å². The van der Waals surface area contributed by atoms with Gasteiger partial charge in [-0.3, -0.25) is 19.2 Å². The van der Waals surface area contributed by atoms with Gasteiger partial charge in [0.1, 0.15) is 0 Å². The van der Waals surface area contributed by atoms with Gasteiger partial charge in [-0.15, -0.1) is 5.10 Å². The smallest absolute Gasteiger partial charge is 0.332 e. The molecule has 10 nitrogen and oxygen atoms in total. The lowest BCUT2D eigenvalue weighted by Crippen LogP contribution is -2.29. The third-order valence-corrected chi connectivity index (χ3v) is 9.39. The van der Waals surface area contributed by atoms with Crippen LogP contribution < -0.4 is 9.80 Å². The topological polar surface area (TPSA) is 119 Å². The normalized spacial score (nSPS) is 14.1. The van der Waals surface area contributed by atoms with Gasteiger partial charge in [0.2, 0.25) is 5.89 Å². The van der Waals surface area contributed by atoms with E-state index >= 15 is 0 Å². The van der Waals surface area contributed by atoms with Crippen LogP contribution >= 0.6 is 11.6 Å². The number of hydrogen-bond acceptors (Lipinski definition) is 7. The maximum atomic E-state index is 13.8. The molecule has 2 aliphatic heterocycles. The molecule has 7 aromatic rings. The first-order valence-electron chi connectivity index (χ1n) is 15.5. The van der Waals surface area contributed by atoms with E-state index in [9.17, 15) is 19.2 Å². The van der Waals surface area contributed by atoms with Crippen molar-refractivity contribution >= 4 is 68.7 Å². The predicted octanol–water partition coefficient (Wildman–Crippen LogP) is 7.79. The van der Waals surface area contributed by atoms with Crippen LogP contribution in [0.1, 0.15) is 48.4 Å². The van der Waals surface area contributed by atoms with Crippen molar-refractivity contribution in [2.75, 3.05) is 9.80 Å². The zero-order valence-corrected chi connectivity index (χ0v) is 26.4. The highest BCUT2D eigenvalue weighted by atomic mass is 35.5. The van der Waals surface area contributed by atoms with E-state index in [0.717, 1.165) is 33.3 Å². The van der Waals surface area contributed by atoms with Crippen molar-refractivity contribution in [3.8, 4) is 22.6 Å². The number of benzene rings is 5. The molecule has 0 bridgehead atoms. The molecule has 2 aromatic heterocycles. The molecule has 0 aliphatic carbocycles. The second-order valence-corrected chi connectivity index (χ2v) is 12.2. The molecule has 4 amide bonds. The van der Waals surface area contributed by atoms with Crippen LogP contribution in [0.15, 0.2) is 108 Å². The number of aryl methyl sites for hydroxylation is 1. The Morgan fingerprint density at radius 3 is 1.88 bits per heavy atom. The molecular weight excluding hydrogens is 642 g/mol. The van der Waals surface area contributed by atoms with Gasteiger partial charge < -0.3 is 8.98 Å². The molecule has 9 rings (SSSR count). The fourth-order valence-corrected chi connectivity index (χ4v) is 6.91. The van der Waals surface area contributed by atoms with Gasteiger partial charge in [0.15, 0.2) is 0 Å². The summed E-state index contributed by atoms with van der Waals surface area (Å²) in [6, 6.07) is 30.0. The van der Waals surface area contributed by atoms with E-state index in [2.05, 4.69) is 27.8 Å². The van der Waals surface area contributed by atoms with Gasteiger partial charge in [-0.05, 0) is 90.8 Å². The van der Waals surface area contributed by atoms with E-state index in [1.54, 1.807) is 66.7 Å². The summed E-state index contributed by atoms with van der Waals surface area (Å²) < 4.78 is 7.90. The molecule has 49 heavy (non-hydrogen) atoms. The third-order valence-electron chi connectivity index (χ3n) is 9.13. The number of nitrogens with zero attached hydrogens (tertiary/aromatic N) is 5.